The van der Waals surface area contributed by atoms with Crippen molar-refractivity contribution >= 4 is 26.7 Å². The number of aryl methyl sites for hydroxylation is 3. The lowest BCUT2D eigenvalue weighted by molar-refractivity contribution is 0.581. The van der Waals surface area contributed by atoms with Crippen LogP contribution in [0.1, 0.15) is 30.7 Å². The van der Waals surface area contributed by atoms with Gasteiger partial charge < -0.3 is 10.3 Å². The van der Waals surface area contributed by atoms with E-state index in [2.05, 4.69) is 14.5 Å². The van der Waals surface area contributed by atoms with E-state index in [0.717, 1.165) is 41.8 Å². The highest BCUT2D eigenvalue weighted by Gasteiger charge is 2.12. The zero-order chi connectivity index (χ0) is 15.6. The Balaban J connectivity index is 2.09. The van der Waals surface area contributed by atoms with Crippen LogP contribution < -0.4 is 5.73 Å². The van der Waals surface area contributed by atoms with Crippen molar-refractivity contribution in [3.63, 3.8) is 0 Å². The lowest BCUT2D eigenvalue weighted by Crippen LogP contribution is -2.05. The summed E-state index contributed by atoms with van der Waals surface area (Å²) in [5.41, 5.74) is 8.71. The first-order valence-corrected chi connectivity index (χ1v) is 9.11. The van der Waals surface area contributed by atoms with Gasteiger partial charge in [0.1, 0.15) is 21.2 Å². The van der Waals surface area contributed by atoms with Crippen LogP contribution in [0, 0.1) is 13.8 Å². The summed E-state index contributed by atoms with van der Waals surface area (Å²) in [5.74, 6) is 1.62. The summed E-state index contributed by atoms with van der Waals surface area (Å²) < 4.78 is 24.3. The van der Waals surface area contributed by atoms with Crippen LogP contribution >= 0.6 is 0 Å². The van der Waals surface area contributed by atoms with Gasteiger partial charge in [-0.25, -0.2) is 18.4 Å². The van der Waals surface area contributed by atoms with Crippen LogP contribution in [0.15, 0.2) is 6.20 Å². The number of sulfone groups is 1. The number of hydrogen-bond donors (Lipinski definition) is 1. The van der Waals surface area contributed by atoms with Crippen LogP contribution in [0.3, 0.4) is 0 Å². The Morgan fingerprint density at radius 3 is 2.62 bits per heavy atom. The van der Waals surface area contributed by atoms with Gasteiger partial charge in [0.2, 0.25) is 0 Å². The van der Waals surface area contributed by atoms with Crippen molar-refractivity contribution in [2.75, 3.05) is 17.7 Å². The number of nitrogens with zero attached hydrogens (tertiary/aromatic N) is 3. The molecule has 0 aromatic carbocycles. The van der Waals surface area contributed by atoms with Gasteiger partial charge in [-0.1, -0.05) is 6.42 Å². The Morgan fingerprint density at radius 1 is 1.24 bits per heavy atom. The van der Waals surface area contributed by atoms with E-state index >= 15 is 0 Å². The Kier molecular flexibility index (Phi) is 4.51. The number of imidazole rings is 1. The van der Waals surface area contributed by atoms with Crippen LogP contribution in [0.4, 0.5) is 5.82 Å². The zero-order valence-corrected chi connectivity index (χ0v) is 13.6. The molecule has 0 radical (unpaired) electrons. The highest BCUT2D eigenvalue weighted by Crippen LogP contribution is 2.23. The minimum Gasteiger partial charge on any atom is -0.382 e. The zero-order valence-electron chi connectivity index (χ0n) is 12.8. The molecule has 2 heterocycles. The number of hydrogen-bond acceptors (Lipinski definition) is 5. The van der Waals surface area contributed by atoms with Gasteiger partial charge in [0.25, 0.3) is 0 Å². The second kappa shape index (κ2) is 6.01. The summed E-state index contributed by atoms with van der Waals surface area (Å²) in [6.45, 7) is 4.77. The Bertz CT molecular complexity index is 750. The van der Waals surface area contributed by atoms with E-state index in [4.69, 9.17) is 5.73 Å². The van der Waals surface area contributed by atoms with Gasteiger partial charge in [0, 0.05) is 24.8 Å². The number of nitrogens with two attached hydrogens (primary N) is 1. The lowest BCUT2D eigenvalue weighted by Gasteiger charge is -2.08. The molecule has 2 aromatic heterocycles. The fourth-order valence-corrected chi connectivity index (χ4v) is 3.24. The quantitative estimate of drug-likeness (QED) is 0.822. The molecule has 0 saturated carbocycles. The number of nitrogen functional groups attached to an aromatic ring is 1. The topological polar surface area (TPSA) is 90.9 Å². The molecule has 0 amide bonds. The molecule has 0 bridgehead atoms. The van der Waals surface area contributed by atoms with Crippen molar-refractivity contribution < 1.29 is 8.42 Å². The summed E-state index contributed by atoms with van der Waals surface area (Å²) >= 11 is 0. The first kappa shape index (κ1) is 15.8. The van der Waals surface area contributed by atoms with Crippen LogP contribution in [0.2, 0.25) is 0 Å². The number of aromatic nitrogens is 3. The highest BCUT2D eigenvalue weighted by molar-refractivity contribution is 7.90. The molecule has 116 valence electrons. The van der Waals surface area contributed by atoms with E-state index in [1.165, 1.54) is 6.26 Å². The second-order valence-corrected chi connectivity index (χ2v) is 7.78. The summed E-state index contributed by atoms with van der Waals surface area (Å²) in [4.78, 5) is 8.62. The van der Waals surface area contributed by atoms with Gasteiger partial charge in [-0.05, 0) is 32.3 Å². The number of fused-ring (bicyclic) bond motifs is 1. The number of anilines is 1. The maximum Gasteiger partial charge on any atom is 0.151 e. The number of unbranched alkanes of at least 4 members (excludes halogenated alkanes) is 2. The molecule has 2 N–H and O–H groups in total. The molecule has 0 fully saturated rings. The van der Waals surface area contributed by atoms with E-state index in [9.17, 15) is 8.42 Å². The molecule has 6 nitrogen and oxygen atoms in total. The molecule has 0 aliphatic carbocycles. The second-order valence-electron chi connectivity index (χ2n) is 5.52. The maximum absolute atomic E-state index is 11.1. The smallest absolute Gasteiger partial charge is 0.151 e. The summed E-state index contributed by atoms with van der Waals surface area (Å²) in [5, 5.41) is 0. The highest BCUT2D eigenvalue weighted by atomic mass is 32.2. The predicted molar refractivity (Wildman–Crippen MR) is 85.0 cm³/mol. The Labute approximate surface area is 125 Å². The molecule has 0 aliphatic rings. The van der Waals surface area contributed by atoms with Crippen LogP contribution in [0.25, 0.3) is 11.0 Å². The van der Waals surface area contributed by atoms with Gasteiger partial charge in [0.05, 0.1) is 5.52 Å². The van der Waals surface area contributed by atoms with E-state index in [-0.39, 0.29) is 5.75 Å². The molecule has 7 heteroatoms. The summed E-state index contributed by atoms with van der Waals surface area (Å²) in [6.07, 6.45) is 5.54. The standard InChI is InChI=1S/C14H22N4O2S/c1-10-9-16-14(15)12-13(10)18(11(2)17-12)7-5-4-6-8-21(3,19)20/h9H,4-8H2,1-3H3,(H2,15,16). The molecule has 2 aromatic rings. The molecule has 0 unspecified atom stereocenters. The van der Waals surface area contributed by atoms with Crippen molar-refractivity contribution in [1.82, 2.24) is 14.5 Å². The van der Waals surface area contributed by atoms with Gasteiger partial charge in [-0.2, -0.15) is 0 Å². The van der Waals surface area contributed by atoms with Gasteiger partial charge in [-0.3, -0.25) is 0 Å². The third kappa shape index (κ3) is 3.72. The number of pyridine rings is 1. The number of rotatable bonds is 6. The fraction of sp³-hybridized carbons (Fsp3) is 0.571. The minimum absolute atomic E-state index is 0.257. The molecule has 21 heavy (non-hydrogen) atoms. The Hall–Kier alpha value is -1.63. The Morgan fingerprint density at radius 2 is 1.95 bits per heavy atom. The van der Waals surface area contributed by atoms with Crippen molar-refractivity contribution in [2.24, 2.45) is 0 Å². The first-order chi connectivity index (χ1) is 9.79. The average Bonchev–Trinajstić information content (AvgIpc) is 2.71. The predicted octanol–water partition coefficient (Wildman–Crippen LogP) is 1.85. The third-order valence-corrected chi connectivity index (χ3v) is 4.60. The first-order valence-electron chi connectivity index (χ1n) is 7.05. The van der Waals surface area contributed by atoms with Crippen molar-refractivity contribution in [3.05, 3.63) is 17.6 Å². The maximum atomic E-state index is 11.1. The normalized spacial score (nSPS) is 12.1. The van der Waals surface area contributed by atoms with Gasteiger partial charge in [0.15, 0.2) is 5.82 Å². The average molecular weight is 310 g/mol. The summed E-state index contributed by atoms with van der Waals surface area (Å²) in [7, 11) is -2.86. The summed E-state index contributed by atoms with van der Waals surface area (Å²) in [6, 6.07) is 0. The van der Waals surface area contributed by atoms with Crippen LogP contribution in [-0.2, 0) is 16.4 Å². The lowest BCUT2D eigenvalue weighted by atomic mass is 10.2. The SMILES string of the molecule is Cc1cnc(N)c2nc(C)n(CCCCCS(C)(=O)=O)c12. The monoisotopic (exact) mass is 310 g/mol. The molecule has 0 aliphatic heterocycles. The molecule has 0 atom stereocenters. The van der Waals surface area contributed by atoms with Crippen molar-refractivity contribution in [3.8, 4) is 0 Å². The molecule has 0 saturated heterocycles. The molecule has 2 rings (SSSR count). The largest absolute Gasteiger partial charge is 0.382 e. The third-order valence-electron chi connectivity index (χ3n) is 3.57. The van der Waals surface area contributed by atoms with E-state index in [1.54, 1.807) is 6.20 Å². The fourth-order valence-electron chi connectivity index (χ4n) is 2.52. The molecule has 0 spiro atoms. The van der Waals surface area contributed by atoms with Crippen LogP contribution in [-0.4, -0.2) is 35.0 Å². The van der Waals surface area contributed by atoms with Gasteiger partial charge in [-0.15, -0.1) is 0 Å². The minimum atomic E-state index is -2.86. The van der Waals surface area contributed by atoms with E-state index < -0.39 is 9.84 Å². The van der Waals surface area contributed by atoms with E-state index in [0.29, 0.717) is 12.2 Å². The van der Waals surface area contributed by atoms with Crippen molar-refractivity contribution in [2.45, 2.75) is 39.7 Å². The van der Waals surface area contributed by atoms with Crippen molar-refractivity contribution in [1.29, 1.82) is 0 Å². The van der Waals surface area contributed by atoms with E-state index in [1.807, 2.05) is 13.8 Å². The molecular formula is C14H22N4O2S. The molecular weight excluding hydrogens is 288 g/mol. The van der Waals surface area contributed by atoms with Crippen LogP contribution in [0.5, 0.6) is 0 Å². The van der Waals surface area contributed by atoms with Gasteiger partial charge >= 0.3 is 0 Å².